The van der Waals surface area contributed by atoms with Crippen LogP contribution in [0.25, 0.3) is 0 Å². The first-order valence-corrected chi connectivity index (χ1v) is 6.40. The maximum atomic E-state index is 12.1. The molecule has 0 heterocycles. The standard InChI is InChI=1S/C17H17NO/c1-14(17(19)16-10-6-3-7-11-16)12-18-13-15-8-4-2-5-9-15/h2-12,14H,13H2,1H3/t14-/m1/s1. The molecule has 0 radical (unpaired) electrons. The van der Waals surface area contributed by atoms with E-state index in [0.29, 0.717) is 6.54 Å². The monoisotopic (exact) mass is 251 g/mol. The van der Waals surface area contributed by atoms with Crippen molar-refractivity contribution in [3.8, 4) is 0 Å². The summed E-state index contributed by atoms with van der Waals surface area (Å²) < 4.78 is 0. The first-order chi connectivity index (χ1) is 9.27. The van der Waals surface area contributed by atoms with E-state index in [0.717, 1.165) is 11.1 Å². The van der Waals surface area contributed by atoms with Gasteiger partial charge in [-0.2, -0.15) is 0 Å². The lowest BCUT2D eigenvalue weighted by atomic mass is 10.0. The lowest BCUT2D eigenvalue weighted by molar-refractivity contribution is 0.0963. The van der Waals surface area contributed by atoms with Crippen molar-refractivity contribution in [3.05, 3.63) is 71.8 Å². The number of hydrogen-bond acceptors (Lipinski definition) is 2. The molecule has 2 aromatic rings. The smallest absolute Gasteiger partial charge is 0.170 e. The lowest BCUT2D eigenvalue weighted by Crippen LogP contribution is -2.12. The van der Waals surface area contributed by atoms with E-state index in [4.69, 9.17) is 0 Å². The number of aliphatic imine (C=N–C) groups is 1. The predicted molar refractivity (Wildman–Crippen MR) is 78.6 cm³/mol. The zero-order valence-corrected chi connectivity index (χ0v) is 11.0. The third-order valence-electron chi connectivity index (χ3n) is 2.92. The summed E-state index contributed by atoms with van der Waals surface area (Å²) in [6, 6.07) is 19.4. The van der Waals surface area contributed by atoms with Crippen LogP contribution in [0.1, 0.15) is 22.8 Å². The van der Waals surface area contributed by atoms with Gasteiger partial charge in [0.1, 0.15) is 0 Å². The summed E-state index contributed by atoms with van der Waals surface area (Å²) in [5, 5.41) is 0. The second kappa shape index (κ2) is 6.64. The van der Waals surface area contributed by atoms with Crippen LogP contribution in [0.15, 0.2) is 65.7 Å². The van der Waals surface area contributed by atoms with Crippen molar-refractivity contribution in [3.63, 3.8) is 0 Å². The molecule has 1 atom stereocenters. The van der Waals surface area contributed by atoms with Crippen LogP contribution in [0, 0.1) is 5.92 Å². The number of benzene rings is 2. The Kier molecular flexibility index (Phi) is 4.62. The molecule has 0 saturated carbocycles. The van der Waals surface area contributed by atoms with E-state index in [1.807, 2.05) is 67.6 Å². The molecule has 19 heavy (non-hydrogen) atoms. The highest BCUT2D eigenvalue weighted by Crippen LogP contribution is 2.07. The maximum absolute atomic E-state index is 12.1. The Morgan fingerprint density at radius 3 is 2.26 bits per heavy atom. The van der Waals surface area contributed by atoms with E-state index < -0.39 is 0 Å². The fourth-order valence-electron chi connectivity index (χ4n) is 1.83. The zero-order valence-electron chi connectivity index (χ0n) is 11.0. The van der Waals surface area contributed by atoms with Gasteiger partial charge in [-0.3, -0.25) is 9.79 Å². The van der Waals surface area contributed by atoms with Gasteiger partial charge >= 0.3 is 0 Å². The van der Waals surface area contributed by atoms with E-state index in [-0.39, 0.29) is 11.7 Å². The normalized spacial score (nSPS) is 12.5. The van der Waals surface area contributed by atoms with Gasteiger partial charge in [0.25, 0.3) is 0 Å². The van der Waals surface area contributed by atoms with E-state index in [2.05, 4.69) is 4.99 Å². The Balaban J connectivity index is 1.94. The van der Waals surface area contributed by atoms with E-state index in [1.54, 1.807) is 6.21 Å². The third kappa shape index (κ3) is 3.88. The second-order valence-electron chi connectivity index (χ2n) is 4.49. The topological polar surface area (TPSA) is 29.4 Å². The Morgan fingerprint density at radius 1 is 1.05 bits per heavy atom. The van der Waals surface area contributed by atoms with Crippen molar-refractivity contribution in [2.75, 3.05) is 0 Å². The minimum absolute atomic E-state index is 0.109. The fraction of sp³-hybridized carbons (Fsp3) is 0.176. The maximum Gasteiger partial charge on any atom is 0.170 e. The molecule has 96 valence electrons. The number of carbonyl (C=O) groups excluding carboxylic acids is 1. The van der Waals surface area contributed by atoms with Crippen molar-refractivity contribution in [2.24, 2.45) is 10.9 Å². The highest BCUT2D eigenvalue weighted by Gasteiger charge is 2.11. The average Bonchev–Trinajstić information content (AvgIpc) is 2.48. The van der Waals surface area contributed by atoms with Crippen LogP contribution in [0.2, 0.25) is 0 Å². The number of ketones is 1. The molecular formula is C17H17NO. The number of Topliss-reactive ketones (excluding diaryl/α,β-unsaturated/α-hetero) is 1. The predicted octanol–water partition coefficient (Wildman–Crippen LogP) is 3.78. The highest BCUT2D eigenvalue weighted by molar-refractivity contribution is 6.05. The van der Waals surface area contributed by atoms with Crippen molar-refractivity contribution >= 4 is 12.0 Å². The Hall–Kier alpha value is -2.22. The van der Waals surface area contributed by atoms with Gasteiger partial charge in [-0.25, -0.2) is 0 Å². The molecule has 0 spiro atoms. The summed E-state index contributed by atoms with van der Waals surface area (Å²) in [6.45, 7) is 2.50. The second-order valence-corrected chi connectivity index (χ2v) is 4.49. The van der Waals surface area contributed by atoms with E-state index in [1.165, 1.54) is 0 Å². The van der Waals surface area contributed by atoms with Gasteiger partial charge in [0, 0.05) is 11.8 Å². The molecule has 2 nitrogen and oxygen atoms in total. The van der Waals surface area contributed by atoms with Gasteiger partial charge in [0.05, 0.1) is 12.5 Å². The summed E-state index contributed by atoms with van der Waals surface area (Å²) in [6.07, 6.45) is 1.74. The lowest BCUT2D eigenvalue weighted by Gasteiger charge is -2.04. The SMILES string of the molecule is C[C@H](C=NCc1ccccc1)C(=O)c1ccccc1. The van der Waals surface area contributed by atoms with E-state index >= 15 is 0 Å². The molecule has 0 bridgehead atoms. The van der Waals surface area contributed by atoms with Gasteiger partial charge < -0.3 is 0 Å². The quantitative estimate of drug-likeness (QED) is 0.587. The summed E-state index contributed by atoms with van der Waals surface area (Å²) >= 11 is 0. The van der Waals surface area contributed by atoms with Gasteiger partial charge in [-0.15, -0.1) is 0 Å². The van der Waals surface area contributed by atoms with Crippen LogP contribution in [-0.4, -0.2) is 12.0 Å². The van der Waals surface area contributed by atoms with Crippen molar-refractivity contribution in [2.45, 2.75) is 13.5 Å². The van der Waals surface area contributed by atoms with Crippen LogP contribution in [-0.2, 0) is 6.54 Å². The Labute approximate surface area is 113 Å². The molecule has 0 unspecified atom stereocenters. The molecule has 0 aliphatic rings. The van der Waals surface area contributed by atoms with Crippen LogP contribution in [0.4, 0.5) is 0 Å². The van der Waals surface area contributed by atoms with Crippen molar-refractivity contribution < 1.29 is 4.79 Å². The number of carbonyl (C=O) groups is 1. The molecule has 0 N–H and O–H groups in total. The van der Waals surface area contributed by atoms with Gasteiger partial charge in [0.15, 0.2) is 5.78 Å². The zero-order chi connectivity index (χ0) is 13.5. The molecule has 0 fully saturated rings. The van der Waals surface area contributed by atoms with Crippen LogP contribution in [0.5, 0.6) is 0 Å². The molecule has 0 aliphatic carbocycles. The minimum Gasteiger partial charge on any atom is -0.293 e. The largest absolute Gasteiger partial charge is 0.293 e. The fourth-order valence-corrected chi connectivity index (χ4v) is 1.83. The van der Waals surface area contributed by atoms with Crippen LogP contribution in [0.3, 0.4) is 0 Å². The molecular weight excluding hydrogens is 234 g/mol. The Bertz CT molecular complexity index is 546. The summed E-state index contributed by atoms with van der Waals surface area (Å²) in [5.74, 6) is -0.0801. The van der Waals surface area contributed by atoms with E-state index in [9.17, 15) is 4.79 Å². The van der Waals surface area contributed by atoms with Crippen molar-refractivity contribution in [1.29, 1.82) is 0 Å². The first-order valence-electron chi connectivity index (χ1n) is 6.40. The number of nitrogens with zero attached hydrogens (tertiary/aromatic N) is 1. The molecule has 2 rings (SSSR count). The summed E-state index contributed by atoms with van der Waals surface area (Å²) in [5.41, 5.74) is 1.89. The molecule has 2 aromatic carbocycles. The first kappa shape index (κ1) is 13.2. The molecule has 0 saturated heterocycles. The summed E-state index contributed by atoms with van der Waals surface area (Å²) in [4.78, 5) is 16.4. The van der Waals surface area contributed by atoms with Crippen LogP contribution < -0.4 is 0 Å². The molecule has 0 amide bonds. The molecule has 0 aromatic heterocycles. The molecule has 0 aliphatic heterocycles. The Morgan fingerprint density at radius 2 is 1.63 bits per heavy atom. The summed E-state index contributed by atoms with van der Waals surface area (Å²) in [7, 11) is 0. The highest BCUT2D eigenvalue weighted by atomic mass is 16.1. The van der Waals surface area contributed by atoms with Crippen LogP contribution >= 0.6 is 0 Å². The van der Waals surface area contributed by atoms with Gasteiger partial charge in [-0.05, 0) is 5.56 Å². The van der Waals surface area contributed by atoms with Gasteiger partial charge in [0.2, 0.25) is 0 Å². The number of rotatable bonds is 5. The molecule has 2 heteroatoms. The van der Waals surface area contributed by atoms with Gasteiger partial charge in [-0.1, -0.05) is 67.6 Å². The number of hydrogen-bond donors (Lipinski definition) is 0. The minimum atomic E-state index is -0.189. The average molecular weight is 251 g/mol. The van der Waals surface area contributed by atoms with Crippen molar-refractivity contribution in [1.82, 2.24) is 0 Å². The third-order valence-corrected chi connectivity index (χ3v) is 2.92.